The Morgan fingerprint density at radius 2 is 1.14 bits per heavy atom. The summed E-state index contributed by atoms with van der Waals surface area (Å²) in [5, 5.41) is -0.622. The van der Waals surface area contributed by atoms with E-state index in [0.29, 0.717) is 0 Å². The van der Waals surface area contributed by atoms with Gasteiger partial charge in [-0.25, -0.2) is 0 Å². The fraction of sp³-hybridized carbons (Fsp3) is 0.810. The standard InChI is InChI=1S/C21H34N2O4S2/c1-12(2)28-13-10-15(24)22(17(13)26)20(6,7)21(8,9)23-16(25)11-14(18(23)27)29-19(3,4)5/h12-14H,10-11H2,1-9H3. The molecule has 29 heavy (non-hydrogen) atoms. The first kappa shape index (κ1) is 24.3. The van der Waals surface area contributed by atoms with Gasteiger partial charge in [0.2, 0.25) is 23.6 Å². The first-order valence-electron chi connectivity index (χ1n) is 10.1. The quantitative estimate of drug-likeness (QED) is 0.587. The van der Waals surface area contributed by atoms with Crippen molar-refractivity contribution in [3.8, 4) is 0 Å². The molecule has 6 nitrogen and oxygen atoms in total. The summed E-state index contributed by atoms with van der Waals surface area (Å²) in [6.07, 6.45) is 0.305. The van der Waals surface area contributed by atoms with Gasteiger partial charge in [-0.3, -0.25) is 29.0 Å². The first-order valence-corrected chi connectivity index (χ1v) is 11.9. The van der Waals surface area contributed by atoms with Crippen molar-refractivity contribution >= 4 is 47.2 Å². The Bertz CT molecular complexity index is 725. The molecule has 0 saturated carbocycles. The predicted molar refractivity (Wildman–Crippen MR) is 119 cm³/mol. The smallest absolute Gasteiger partial charge is 0.243 e. The fourth-order valence-electron chi connectivity index (χ4n) is 3.88. The Morgan fingerprint density at radius 3 is 1.52 bits per heavy atom. The number of amides is 4. The van der Waals surface area contributed by atoms with Crippen molar-refractivity contribution in [3.05, 3.63) is 0 Å². The molecule has 2 fully saturated rings. The van der Waals surface area contributed by atoms with Gasteiger partial charge < -0.3 is 0 Å². The number of imide groups is 2. The van der Waals surface area contributed by atoms with Crippen molar-refractivity contribution in [2.75, 3.05) is 0 Å². The van der Waals surface area contributed by atoms with Crippen molar-refractivity contribution < 1.29 is 19.2 Å². The van der Waals surface area contributed by atoms with Gasteiger partial charge in [0.05, 0.1) is 21.6 Å². The molecule has 164 valence electrons. The summed E-state index contributed by atoms with van der Waals surface area (Å²) >= 11 is 2.97. The maximum atomic E-state index is 13.2. The van der Waals surface area contributed by atoms with E-state index in [4.69, 9.17) is 0 Å². The normalized spacial score (nSPS) is 24.5. The SMILES string of the molecule is CC(C)SC1CC(=O)N(C(C)(C)C(C)(C)N2C(=O)CC(SC(C)(C)C)C2=O)C1=O. The zero-order valence-corrected chi connectivity index (χ0v) is 20.6. The average molecular weight is 443 g/mol. The lowest BCUT2D eigenvalue weighted by Crippen LogP contribution is -2.68. The molecule has 0 aliphatic carbocycles. The minimum absolute atomic E-state index is 0.147. The molecule has 0 N–H and O–H groups in total. The molecule has 2 aliphatic rings. The number of hydrogen-bond acceptors (Lipinski definition) is 6. The summed E-state index contributed by atoms with van der Waals surface area (Å²) in [5.41, 5.74) is -2.06. The van der Waals surface area contributed by atoms with Crippen LogP contribution in [0.3, 0.4) is 0 Å². The lowest BCUT2D eigenvalue weighted by molar-refractivity contribution is -0.161. The van der Waals surface area contributed by atoms with Crippen LogP contribution in [0.25, 0.3) is 0 Å². The van der Waals surface area contributed by atoms with Crippen LogP contribution >= 0.6 is 23.5 Å². The number of hydrogen-bond donors (Lipinski definition) is 0. The molecule has 2 rings (SSSR count). The summed E-state index contributed by atoms with van der Waals surface area (Å²) in [6, 6.07) is 0. The Labute approximate surface area is 182 Å². The van der Waals surface area contributed by atoms with Gasteiger partial charge in [-0.15, -0.1) is 23.5 Å². The van der Waals surface area contributed by atoms with Crippen LogP contribution in [0, 0.1) is 0 Å². The maximum absolute atomic E-state index is 13.2. The monoisotopic (exact) mass is 442 g/mol. The molecule has 4 amide bonds. The molecule has 2 unspecified atom stereocenters. The summed E-state index contributed by atoms with van der Waals surface area (Å²) in [7, 11) is 0. The zero-order chi connectivity index (χ0) is 22.5. The van der Waals surface area contributed by atoms with Crippen LogP contribution in [0.5, 0.6) is 0 Å². The predicted octanol–water partition coefficient (Wildman–Crippen LogP) is 3.47. The molecule has 2 aliphatic heterocycles. The highest BCUT2D eigenvalue weighted by molar-refractivity contribution is 8.02. The Morgan fingerprint density at radius 1 is 0.759 bits per heavy atom. The minimum Gasteiger partial charge on any atom is -0.274 e. The number of thioether (sulfide) groups is 2. The average Bonchev–Trinajstić information content (AvgIpc) is 2.93. The molecule has 0 bridgehead atoms. The third kappa shape index (κ3) is 4.53. The maximum Gasteiger partial charge on any atom is 0.243 e. The third-order valence-electron chi connectivity index (χ3n) is 5.76. The molecule has 2 heterocycles. The highest BCUT2D eigenvalue weighted by Gasteiger charge is 2.59. The van der Waals surface area contributed by atoms with Crippen molar-refractivity contribution in [2.45, 2.75) is 107 Å². The van der Waals surface area contributed by atoms with E-state index in [-0.39, 0.29) is 46.5 Å². The summed E-state index contributed by atoms with van der Waals surface area (Å²) in [5.74, 6) is -0.959. The summed E-state index contributed by atoms with van der Waals surface area (Å²) in [4.78, 5) is 54.5. The van der Waals surface area contributed by atoms with Crippen molar-refractivity contribution in [3.63, 3.8) is 0 Å². The molecule has 0 aromatic carbocycles. The largest absolute Gasteiger partial charge is 0.274 e. The van der Waals surface area contributed by atoms with Crippen molar-refractivity contribution in [1.82, 2.24) is 9.80 Å². The molecule has 2 atom stereocenters. The number of rotatable bonds is 6. The molecule has 0 aromatic rings. The van der Waals surface area contributed by atoms with E-state index in [2.05, 4.69) is 0 Å². The molecule has 8 heteroatoms. The second-order valence-corrected chi connectivity index (χ2v) is 13.9. The first-order chi connectivity index (χ1) is 13.0. The van der Waals surface area contributed by atoms with Gasteiger partial charge in [-0.05, 0) is 32.9 Å². The molecular formula is C21H34N2O4S2. The topological polar surface area (TPSA) is 74.8 Å². The summed E-state index contributed by atoms with van der Waals surface area (Å²) in [6.45, 7) is 17.1. The minimum atomic E-state index is -1.03. The van der Waals surface area contributed by atoms with Gasteiger partial charge >= 0.3 is 0 Å². The van der Waals surface area contributed by atoms with Gasteiger partial charge in [0.1, 0.15) is 0 Å². The number of nitrogens with zero attached hydrogens (tertiary/aromatic N) is 2. The molecular weight excluding hydrogens is 408 g/mol. The van der Waals surface area contributed by atoms with E-state index in [1.807, 2.05) is 34.6 Å². The molecule has 0 aromatic heterocycles. The lowest BCUT2D eigenvalue weighted by Gasteiger charge is -2.50. The van der Waals surface area contributed by atoms with E-state index in [1.54, 1.807) is 27.7 Å². The fourth-order valence-corrected chi connectivity index (χ4v) is 6.29. The Hall–Kier alpha value is -1.02. The van der Waals surface area contributed by atoms with Crippen LogP contribution in [0.4, 0.5) is 0 Å². The Balaban J connectivity index is 2.33. The van der Waals surface area contributed by atoms with Crippen LogP contribution in [-0.2, 0) is 19.2 Å². The van der Waals surface area contributed by atoms with E-state index in [0.717, 1.165) is 0 Å². The van der Waals surface area contributed by atoms with Gasteiger partial charge in [0.15, 0.2) is 0 Å². The number of likely N-dealkylation sites (tertiary alicyclic amines) is 2. The van der Waals surface area contributed by atoms with E-state index >= 15 is 0 Å². The zero-order valence-electron chi connectivity index (χ0n) is 19.0. The highest BCUT2D eigenvalue weighted by Crippen LogP contribution is 2.43. The molecule has 2 saturated heterocycles. The number of carbonyl (C=O) groups excluding carboxylic acids is 4. The number of carbonyl (C=O) groups is 4. The van der Waals surface area contributed by atoms with Crippen LogP contribution < -0.4 is 0 Å². The van der Waals surface area contributed by atoms with Crippen LogP contribution in [0.15, 0.2) is 0 Å². The Kier molecular flexibility index (Phi) is 6.62. The van der Waals surface area contributed by atoms with Crippen LogP contribution in [0.2, 0.25) is 0 Å². The van der Waals surface area contributed by atoms with E-state index < -0.39 is 21.6 Å². The van der Waals surface area contributed by atoms with E-state index in [9.17, 15) is 19.2 Å². The second-order valence-electron chi connectivity index (χ2n) is 10.1. The van der Waals surface area contributed by atoms with Gasteiger partial charge in [0.25, 0.3) is 0 Å². The van der Waals surface area contributed by atoms with Crippen molar-refractivity contribution in [1.29, 1.82) is 0 Å². The second kappa shape index (κ2) is 7.91. The van der Waals surface area contributed by atoms with Crippen LogP contribution in [0.1, 0.15) is 75.2 Å². The third-order valence-corrected chi connectivity index (χ3v) is 8.36. The molecule has 0 spiro atoms. The van der Waals surface area contributed by atoms with Crippen LogP contribution in [-0.4, -0.2) is 65.0 Å². The summed E-state index contributed by atoms with van der Waals surface area (Å²) < 4.78 is -0.154. The highest BCUT2D eigenvalue weighted by atomic mass is 32.2. The van der Waals surface area contributed by atoms with Gasteiger partial charge in [-0.1, -0.05) is 34.6 Å². The molecule has 0 radical (unpaired) electrons. The van der Waals surface area contributed by atoms with Gasteiger partial charge in [0, 0.05) is 17.6 Å². The lowest BCUT2D eigenvalue weighted by atomic mass is 9.79. The van der Waals surface area contributed by atoms with Gasteiger partial charge in [-0.2, -0.15) is 0 Å². The van der Waals surface area contributed by atoms with E-state index in [1.165, 1.54) is 33.3 Å². The van der Waals surface area contributed by atoms with Crippen molar-refractivity contribution in [2.24, 2.45) is 0 Å².